The fraction of sp³-hybridized carbons (Fsp3) is 0.0952. The number of hydrogen-bond donors (Lipinski definition) is 1. The molecule has 1 aliphatic carbocycles. The Morgan fingerprint density at radius 3 is 2.72 bits per heavy atom. The van der Waals surface area contributed by atoms with E-state index < -0.39 is 0 Å². The topological polar surface area (TPSA) is 67.9 Å². The van der Waals surface area contributed by atoms with E-state index in [9.17, 15) is 4.79 Å². The third-order valence-electron chi connectivity index (χ3n) is 4.57. The molecule has 2 aromatic carbocycles. The number of nitrogens with one attached hydrogen (secondary N) is 1. The zero-order valence-electron chi connectivity index (χ0n) is 15.1. The number of aromatic nitrogens is 3. The summed E-state index contributed by atoms with van der Waals surface area (Å²) in [5.41, 5.74) is 4.60. The number of halogens is 2. The number of fused-ring (bicyclic) bond motifs is 3. The molecule has 0 atom stereocenters. The maximum atomic E-state index is 12.4. The molecule has 0 aliphatic heterocycles. The minimum absolute atomic E-state index is 0. The molecule has 0 spiro atoms. The van der Waals surface area contributed by atoms with E-state index in [1.54, 1.807) is 29.8 Å². The minimum Gasteiger partial charge on any atom is -0.423 e. The highest BCUT2D eigenvalue weighted by molar-refractivity contribution is 8.93. The first-order chi connectivity index (χ1) is 13.3. The van der Waals surface area contributed by atoms with Crippen LogP contribution in [0.3, 0.4) is 0 Å². The molecule has 8 heteroatoms. The summed E-state index contributed by atoms with van der Waals surface area (Å²) >= 11 is 1.70. The van der Waals surface area contributed by atoms with Crippen molar-refractivity contribution in [2.75, 3.05) is 0 Å². The van der Waals surface area contributed by atoms with Gasteiger partial charge in [0.2, 0.25) is 0 Å². The third-order valence-corrected chi connectivity index (χ3v) is 5.62. The average molecular weight is 491 g/mol. The zero-order valence-corrected chi connectivity index (χ0v) is 18.5. The lowest BCUT2D eigenvalue weighted by Gasteiger charge is -2.09. The fourth-order valence-electron chi connectivity index (χ4n) is 3.31. The first-order valence-electron chi connectivity index (χ1n) is 8.63. The van der Waals surface area contributed by atoms with Crippen molar-refractivity contribution in [2.24, 2.45) is 0 Å². The second kappa shape index (κ2) is 8.90. The molecule has 2 aromatic heterocycles. The number of esters is 1. The van der Waals surface area contributed by atoms with E-state index in [0.29, 0.717) is 11.3 Å². The SMILES string of the molecule is Br.Cl.O=C(Oc1cccc2c1Cc1sc(Cc3c[nH]cn3)nc1-2)c1ccccc1. The maximum absolute atomic E-state index is 12.4. The summed E-state index contributed by atoms with van der Waals surface area (Å²) in [6, 6.07) is 14.8. The van der Waals surface area contributed by atoms with Gasteiger partial charge in [-0.25, -0.2) is 14.8 Å². The van der Waals surface area contributed by atoms with Gasteiger partial charge in [0.1, 0.15) is 5.75 Å². The molecule has 1 N–H and O–H groups in total. The van der Waals surface area contributed by atoms with Crippen LogP contribution in [0.2, 0.25) is 0 Å². The summed E-state index contributed by atoms with van der Waals surface area (Å²) in [6.45, 7) is 0. The van der Waals surface area contributed by atoms with Gasteiger partial charge in [0.05, 0.1) is 28.3 Å². The van der Waals surface area contributed by atoms with Gasteiger partial charge in [-0.1, -0.05) is 30.3 Å². The Bertz CT molecular complexity index is 1130. The van der Waals surface area contributed by atoms with Gasteiger partial charge in [0.25, 0.3) is 0 Å². The largest absolute Gasteiger partial charge is 0.423 e. The third kappa shape index (κ3) is 4.12. The number of hydrogen-bond acceptors (Lipinski definition) is 5. The molecular formula is C21H17BrClN3O2S. The standard InChI is InChI=1S/C21H15N3O2S.BrH.ClH/c25-21(13-5-2-1-3-6-13)26-17-8-4-7-15-16(17)10-18-20(15)24-19(27-18)9-14-11-22-12-23-14;;/h1-8,11-12H,9-10H2,(H,22,23);2*1H. The average Bonchev–Trinajstić information content (AvgIpc) is 3.40. The number of carbonyl (C=O) groups is 1. The van der Waals surface area contributed by atoms with Gasteiger partial charge in [-0.05, 0) is 18.2 Å². The molecule has 4 aromatic rings. The molecule has 0 fully saturated rings. The number of rotatable bonds is 4. The van der Waals surface area contributed by atoms with Gasteiger partial charge in [0.15, 0.2) is 0 Å². The van der Waals surface area contributed by atoms with Crippen LogP contribution in [-0.2, 0) is 12.8 Å². The quantitative estimate of drug-likeness (QED) is 0.276. The number of aromatic amines is 1. The lowest BCUT2D eigenvalue weighted by molar-refractivity contribution is 0.0733. The van der Waals surface area contributed by atoms with Crippen LogP contribution >= 0.6 is 40.7 Å². The van der Waals surface area contributed by atoms with E-state index >= 15 is 0 Å². The van der Waals surface area contributed by atoms with Gasteiger partial charge < -0.3 is 9.72 Å². The Hall–Kier alpha value is -2.48. The Morgan fingerprint density at radius 1 is 1.14 bits per heavy atom. The van der Waals surface area contributed by atoms with Crippen molar-refractivity contribution in [1.82, 2.24) is 15.0 Å². The van der Waals surface area contributed by atoms with E-state index in [4.69, 9.17) is 9.72 Å². The molecule has 5 nitrogen and oxygen atoms in total. The maximum Gasteiger partial charge on any atom is 0.343 e. The van der Waals surface area contributed by atoms with Crippen LogP contribution in [0, 0.1) is 0 Å². The molecule has 0 radical (unpaired) electrons. The van der Waals surface area contributed by atoms with Crippen LogP contribution in [-0.4, -0.2) is 20.9 Å². The highest BCUT2D eigenvalue weighted by Crippen LogP contribution is 2.43. The normalized spacial score (nSPS) is 11.0. The second-order valence-electron chi connectivity index (χ2n) is 6.33. The highest BCUT2D eigenvalue weighted by Gasteiger charge is 2.27. The van der Waals surface area contributed by atoms with Crippen molar-refractivity contribution < 1.29 is 9.53 Å². The number of carbonyl (C=O) groups excluding carboxylic acids is 1. The lowest BCUT2D eigenvalue weighted by Crippen LogP contribution is -2.09. The van der Waals surface area contributed by atoms with Gasteiger partial charge >= 0.3 is 5.97 Å². The molecule has 2 heterocycles. The van der Waals surface area contributed by atoms with Gasteiger partial charge in [-0.3, -0.25) is 0 Å². The molecule has 1 aliphatic rings. The molecule has 0 saturated carbocycles. The van der Waals surface area contributed by atoms with Crippen LogP contribution in [0.15, 0.2) is 61.1 Å². The van der Waals surface area contributed by atoms with Crippen LogP contribution in [0.4, 0.5) is 0 Å². The van der Waals surface area contributed by atoms with Crippen LogP contribution < -0.4 is 4.74 Å². The highest BCUT2D eigenvalue weighted by atomic mass is 79.9. The second-order valence-corrected chi connectivity index (χ2v) is 7.50. The van der Waals surface area contributed by atoms with Gasteiger partial charge in [0, 0.05) is 35.0 Å². The monoisotopic (exact) mass is 489 g/mol. The van der Waals surface area contributed by atoms with E-state index in [2.05, 4.69) is 9.97 Å². The number of nitrogens with zero attached hydrogens (tertiary/aromatic N) is 2. The Kier molecular flexibility index (Phi) is 6.52. The van der Waals surface area contributed by atoms with Crippen molar-refractivity contribution in [1.29, 1.82) is 0 Å². The molecule has 0 saturated heterocycles. The summed E-state index contributed by atoms with van der Waals surface area (Å²) in [5, 5.41) is 1.05. The van der Waals surface area contributed by atoms with Crippen molar-refractivity contribution in [3.8, 4) is 17.0 Å². The van der Waals surface area contributed by atoms with Crippen molar-refractivity contribution in [3.05, 3.63) is 87.8 Å². The van der Waals surface area contributed by atoms with E-state index in [-0.39, 0.29) is 35.4 Å². The first kappa shape index (κ1) is 21.2. The number of ether oxygens (including phenoxy) is 1. The summed E-state index contributed by atoms with van der Waals surface area (Å²) in [7, 11) is 0. The Balaban J connectivity index is 0.00000120. The van der Waals surface area contributed by atoms with E-state index in [1.807, 2.05) is 42.6 Å². The predicted molar refractivity (Wildman–Crippen MR) is 121 cm³/mol. The number of thiazole rings is 1. The van der Waals surface area contributed by atoms with Crippen molar-refractivity contribution in [3.63, 3.8) is 0 Å². The van der Waals surface area contributed by atoms with Gasteiger partial charge in [-0.2, -0.15) is 0 Å². The Morgan fingerprint density at radius 2 is 1.97 bits per heavy atom. The van der Waals surface area contributed by atoms with Crippen molar-refractivity contribution in [2.45, 2.75) is 12.8 Å². The molecule has 148 valence electrons. The molecule has 0 amide bonds. The first-order valence-corrected chi connectivity index (χ1v) is 9.45. The molecular weight excluding hydrogens is 474 g/mol. The van der Waals surface area contributed by atoms with Gasteiger partial charge in [-0.15, -0.1) is 40.7 Å². The summed E-state index contributed by atoms with van der Waals surface area (Å²) in [5.74, 6) is 0.270. The van der Waals surface area contributed by atoms with Crippen molar-refractivity contribution >= 4 is 46.7 Å². The molecule has 5 rings (SSSR count). The predicted octanol–water partition coefficient (Wildman–Crippen LogP) is 5.25. The molecule has 0 bridgehead atoms. The minimum atomic E-state index is -0.341. The summed E-state index contributed by atoms with van der Waals surface area (Å²) in [6.07, 6.45) is 5.03. The summed E-state index contributed by atoms with van der Waals surface area (Å²) < 4.78 is 5.68. The molecule has 0 unspecified atom stereocenters. The Labute approximate surface area is 188 Å². The molecule has 29 heavy (non-hydrogen) atoms. The number of benzene rings is 2. The lowest BCUT2D eigenvalue weighted by atomic mass is 10.1. The van der Waals surface area contributed by atoms with Crippen LogP contribution in [0.25, 0.3) is 11.3 Å². The number of H-pyrrole nitrogens is 1. The number of imidazole rings is 1. The van der Waals surface area contributed by atoms with E-state index in [1.165, 1.54) is 4.88 Å². The summed E-state index contributed by atoms with van der Waals surface area (Å²) in [4.78, 5) is 25.7. The smallest absolute Gasteiger partial charge is 0.343 e. The fourth-order valence-corrected chi connectivity index (χ4v) is 4.42. The van der Waals surface area contributed by atoms with Crippen LogP contribution in [0.1, 0.15) is 31.5 Å². The zero-order chi connectivity index (χ0) is 18.2. The van der Waals surface area contributed by atoms with Crippen LogP contribution in [0.5, 0.6) is 5.75 Å². The van der Waals surface area contributed by atoms with E-state index in [0.717, 1.165) is 40.4 Å².